The molecule has 0 heterocycles. The number of alkyl carbamates (subject to hydrolysis) is 1. The fourth-order valence-corrected chi connectivity index (χ4v) is 5.67. The zero-order valence-corrected chi connectivity index (χ0v) is 28.2. The number of benzene rings is 2. The number of hydrogen-bond donors (Lipinski definition) is 4. The van der Waals surface area contributed by atoms with Crippen molar-refractivity contribution < 1.29 is 34.1 Å². The SMILES string of the molecule is C=Cc1cc(NC(=O)C(CNC(=O)OC(C)(C)C)c2ccc(COC(=O)CCCCCC[C@@H]3CC(O)CC3O)cc2)ccc1C=NC. The number of amides is 2. The average molecular weight is 650 g/mol. The van der Waals surface area contributed by atoms with Gasteiger partial charge in [-0.25, -0.2) is 4.79 Å². The number of esters is 1. The van der Waals surface area contributed by atoms with E-state index in [0.29, 0.717) is 30.5 Å². The number of ether oxygens (including phenoxy) is 2. The zero-order chi connectivity index (χ0) is 34.4. The van der Waals surface area contributed by atoms with E-state index in [9.17, 15) is 24.6 Å². The number of carbonyl (C=O) groups is 3. The molecule has 1 saturated carbocycles. The predicted molar refractivity (Wildman–Crippen MR) is 184 cm³/mol. The minimum Gasteiger partial charge on any atom is -0.461 e. The Bertz CT molecular complexity index is 1370. The highest BCUT2D eigenvalue weighted by molar-refractivity contribution is 5.97. The van der Waals surface area contributed by atoms with E-state index in [1.807, 2.05) is 12.1 Å². The third-order valence-corrected chi connectivity index (χ3v) is 8.13. The first-order valence-electron chi connectivity index (χ1n) is 16.5. The van der Waals surface area contributed by atoms with Crippen molar-refractivity contribution in [3.63, 3.8) is 0 Å². The highest BCUT2D eigenvalue weighted by atomic mass is 16.6. The second-order valence-electron chi connectivity index (χ2n) is 13.2. The van der Waals surface area contributed by atoms with Crippen molar-refractivity contribution in [3.05, 3.63) is 71.3 Å². The standard InChI is InChI=1S/C37H51N3O7/c1-6-26-19-30(18-17-29(26)22-38-5)40-35(44)32(23-39-36(45)47-37(2,3)4)27-15-13-25(14-16-27)24-46-34(43)12-10-8-7-9-11-28-20-31(41)21-33(28)42/h6,13-19,22,28,31-33,41-42H,1,7-12,20-21,23-24H2,2-5H3,(H,39,45)(H,40,44)/t28-,31?,32?,33?/m1/s1. The van der Waals surface area contributed by atoms with Crippen LogP contribution in [-0.4, -0.2) is 65.8 Å². The van der Waals surface area contributed by atoms with Crippen LogP contribution in [0.3, 0.4) is 0 Å². The van der Waals surface area contributed by atoms with Gasteiger partial charge in [0, 0.05) is 31.9 Å². The molecular weight excluding hydrogens is 598 g/mol. The summed E-state index contributed by atoms with van der Waals surface area (Å²) in [4.78, 5) is 42.3. The van der Waals surface area contributed by atoms with Crippen LogP contribution in [-0.2, 0) is 25.7 Å². The van der Waals surface area contributed by atoms with E-state index in [-0.39, 0.29) is 37.0 Å². The Balaban J connectivity index is 1.54. The van der Waals surface area contributed by atoms with Crippen LogP contribution in [0.25, 0.3) is 6.08 Å². The number of aliphatic imine (C=N–C) groups is 1. The minimum absolute atomic E-state index is 0.00710. The van der Waals surface area contributed by atoms with Gasteiger partial charge in [0.05, 0.1) is 18.1 Å². The van der Waals surface area contributed by atoms with E-state index in [2.05, 4.69) is 22.2 Å². The van der Waals surface area contributed by atoms with Gasteiger partial charge in [-0.2, -0.15) is 0 Å². The number of nitrogens with zero attached hydrogens (tertiary/aromatic N) is 1. The van der Waals surface area contributed by atoms with Crippen molar-refractivity contribution in [1.29, 1.82) is 0 Å². The number of rotatable bonds is 16. The molecule has 0 radical (unpaired) electrons. The third kappa shape index (κ3) is 13.0. The van der Waals surface area contributed by atoms with Crippen molar-refractivity contribution in [2.45, 2.75) is 102 Å². The fourth-order valence-electron chi connectivity index (χ4n) is 5.67. The smallest absolute Gasteiger partial charge is 0.407 e. The molecule has 0 aromatic heterocycles. The molecule has 2 aromatic carbocycles. The van der Waals surface area contributed by atoms with Gasteiger partial charge in [0.1, 0.15) is 12.2 Å². The first-order chi connectivity index (χ1) is 22.4. The van der Waals surface area contributed by atoms with Gasteiger partial charge in [0.25, 0.3) is 0 Å². The van der Waals surface area contributed by atoms with Crippen molar-refractivity contribution in [1.82, 2.24) is 5.32 Å². The van der Waals surface area contributed by atoms with Gasteiger partial charge in [0.2, 0.25) is 5.91 Å². The Morgan fingerprint density at radius 2 is 1.74 bits per heavy atom. The third-order valence-electron chi connectivity index (χ3n) is 8.13. The lowest BCUT2D eigenvalue weighted by Crippen LogP contribution is -2.37. The van der Waals surface area contributed by atoms with E-state index < -0.39 is 23.7 Å². The molecule has 3 unspecified atom stereocenters. The molecule has 256 valence electrons. The molecule has 2 aromatic rings. The molecule has 0 saturated heterocycles. The minimum atomic E-state index is -0.731. The van der Waals surface area contributed by atoms with Crippen LogP contribution in [0.5, 0.6) is 0 Å². The number of nitrogens with one attached hydrogen (secondary N) is 2. The van der Waals surface area contributed by atoms with Crippen LogP contribution in [0, 0.1) is 5.92 Å². The maximum Gasteiger partial charge on any atom is 0.407 e. The van der Waals surface area contributed by atoms with Gasteiger partial charge in [-0.1, -0.05) is 62.2 Å². The lowest BCUT2D eigenvalue weighted by atomic mass is 9.96. The summed E-state index contributed by atoms with van der Waals surface area (Å²) < 4.78 is 10.8. The number of carbonyl (C=O) groups excluding carboxylic acids is 3. The molecule has 1 aliphatic rings. The fraction of sp³-hybridized carbons (Fsp3) is 0.514. The Kier molecular flexibility index (Phi) is 14.6. The number of unbranched alkanes of at least 4 members (excludes halogenated alkanes) is 3. The molecule has 10 heteroatoms. The van der Waals surface area contributed by atoms with Gasteiger partial charge in [0.15, 0.2) is 0 Å². The Labute approximate surface area is 278 Å². The van der Waals surface area contributed by atoms with Gasteiger partial charge < -0.3 is 30.3 Å². The Morgan fingerprint density at radius 3 is 2.38 bits per heavy atom. The Morgan fingerprint density at radius 1 is 1.02 bits per heavy atom. The number of anilines is 1. The second kappa shape index (κ2) is 18.4. The van der Waals surface area contributed by atoms with E-state index >= 15 is 0 Å². The maximum atomic E-state index is 13.5. The van der Waals surface area contributed by atoms with Crippen LogP contribution in [0.4, 0.5) is 10.5 Å². The normalized spacial score (nSPS) is 18.5. The summed E-state index contributed by atoms with van der Waals surface area (Å²) in [6, 6.07) is 12.6. The monoisotopic (exact) mass is 649 g/mol. The zero-order valence-electron chi connectivity index (χ0n) is 28.2. The van der Waals surface area contributed by atoms with Crippen molar-refractivity contribution in [2.75, 3.05) is 18.9 Å². The topological polar surface area (TPSA) is 147 Å². The molecule has 0 bridgehead atoms. The lowest BCUT2D eigenvalue weighted by Gasteiger charge is -2.22. The van der Waals surface area contributed by atoms with E-state index in [0.717, 1.165) is 48.8 Å². The van der Waals surface area contributed by atoms with Crippen molar-refractivity contribution in [3.8, 4) is 0 Å². The molecule has 4 atom stereocenters. The maximum absolute atomic E-state index is 13.5. The van der Waals surface area contributed by atoms with Crippen molar-refractivity contribution in [2.24, 2.45) is 10.9 Å². The van der Waals surface area contributed by atoms with Gasteiger partial charge in [-0.15, -0.1) is 0 Å². The van der Waals surface area contributed by atoms with E-state index in [4.69, 9.17) is 9.47 Å². The van der Waals surface area contributed by atoms with E-state index in [1.165, 1.54) is 0 Å². The number of aliphatic hydroxyl groups is 2. The van der Waals surface area contributed by atoms with Gasteiger partial charge in [-0.3, -0.25) is 14.6 Å². The Hall–Kier alpha value is -4.02. The number of hydrogen-bond acceptors (Lipinski definition) is 8. The van der Waals surface area contributed by atoms with Crippen LogP contribution in [0.2, 0.25) is 0 Å². The first-order valence-corrected chi connectivity index (χ1v) is 16.5. The quantitative estimate of drug-likeness (QED) is 0.0971. The lowest BCUT2D eigenvalue weighted by molar-refractivity contribution is -0.145. The van der Waals surface area contributed by atoms with Crippen LogP contribution in [0.1, 0.15) is 100 Å². The molecule has 3 rings (SSSR count). The summed E-state index contributed by atoms with van der Waals surface area (Å²) in [5.74, 6) is -1.14. The van der Waals surface area contributed by atoms with Crippen molar-refractivity contribution >= 4 is 35.9 Å². The average Bonchev–Trinajstić information content (AvgIpc) is 3.34. The summed E-state index contributed by atoms with van der Waals surface area (Å²) in [5.41, 5.74) is 3.04. The van der Waals surface area contributed by atoms with Gasteiger partial charge in [-0.05, 0) is 86.8 Å². The largest absolute Gasteiger partial charge is 0.461 e. The molecule has 1 aliphatic carbocycles. The first kappa shape index (κ1) is 37.4. The molecule has 0 aliphatic heterocycles. The predicted octanol–water partition coefficient (Wildman–Crippen LogP) is 6.14. The highest BCUT2D eigenvalue weighted by Gasteiger charge is 2.31. The summed E-state index contributed by atoms with van der Waals surface area (Å²) in [5, 5.41) is 25.3. The second-order valence-corrected chi connectivity index (χ2v) is 13.2. The van der Waals surface area contributed by atoms with Gasteiger partial charge >= 0.3 is 12.1 Å². The molecule has 4 N–H and O–H groups in total. The summed E-state index contributed by atoms with van der Waals surface area (Å²) in [6.07, 6.45) is 7.96. The summed E-state index contributed by atoms with van der Waals surface area (Å²) in [6.45, 7) is 9.28. The summed E-state index contributed by atoms with van der Waals surface area (Å²) in [7, 11) is 1.68. The van der Waals surface area contributed by atoms with Crippen LogP contribution in [0.15, 0.2) is 54.0 Å². The molecule has 47 heavy (non-hydrogen) atoms. The van der Waals surface area contributed by atoms with Crippen LogP contribution < -0.4 is 10.6 Å². The molecule has 10 nitrogen and oxygen atoms in total. The summed E-state index contributed by atoms with van der Waals surface area (Å²) >= 11 is 0. The molecular formula is C37H51N3O7. The molecule has 0 spiro atoms. The van der Waals surface area contributed by atoms with E-state index in [1.54, 1.807) is 70.4 Å². The van der Waals surface area contributed by atoms with Crippen LogP contribution >= 0.6 is 0 Å². The molecule has 1 fully saturated rings. The number of aliphatic hydroxyl groups excluding tert-OH is 2. The highest BCUT2D eigenvalue weighted by Crippen LogP contribution is 2.30. The molecule has 2 amide bonds.